The molecule has 4 heterocycles. The molecule has 0 radical (unpaired) electrons. The standard InChI is InChI=1S/C21H20F3N7/c22-21(23,24)15-5-6-18(25-12-15)31-9-7-30(8-10-31)13-14-11-26-29-19(14)20-27-16-3-1-2-4-17(16)28-20/h1-6,11-12H,7-10,13H2,(H,26,29)(H,27,28). The summed E-state index contributed by atoms with van der Waals surface area (Å²) in [6.45, 7) is 3.63. The first-order valence-corrected chi connectivity index (χ1v) is 9.95. The average Bonchev–Trinajstić information content (AvgIpc) is 3.40. The van der Waals surface area contributed by atoms with Crippen LogP contribution in [0.4, 0.5) is 19.0 Å². The van der Waals surface area contributed by atoms with Gasteiger partial charge in [-0.2, -0.15) is 18.3 Å². The van der Waals surface area contributed by atoms with Crippen LogP contribution in [0.3, 0.4) is 0 Å². The van der Waals surface area contributed by atoms with E-state index in [1.165, 1.54) is 6.07 Å². The Bertz CT molecular complexity index is 1140. The van der Waals surface area contributed by atoms with Crippen LogP contribution < -0.4 is 4.90 Å². The molecule has 3 aromatic heterocycles. The number of halogens is 3. The zero-order chi connectivity index (χ0) is 21.4. The van der Waals surface area contributed by atoms with Gasteiger partial charge in [-0.05, 0) is 24.3 Å². The second-order valence-electron chi connectivity index (χ2n) is 7.54. The molecule has 31 heavy (non-hydrogen) atoms. The fourth-order valence-electron chi connectivity index (χ4n) is 3.82. The zero-order valence-electron chi connectivity index (χ0n) is 16.5. The number of rotatable bonds is 4. The van der Waals surface area contributed by atoms with Gasteiger partial charge in [-0.15, -0.1) is 0 Å². The van der Waals surface area contributed by atoms with E-state index in [0.29, 0.717) is 25.5 Å². The molecule has 0 saturated carbocycles. The summed E-state index contributed by atoms with van der Waals surface area (Å²) in [6.07, 6.45) is -1.66. The number of hydrogen-bond acceptors (Lipinski definition) is 5. The summed E-state index contributed by atoms with van der Waals surface area (Å²) >= 11 is 0. The predicted octanol–water partition coefficient (Wildman–Crippen LogP) is 3.69. The summed E-state index contributed by atoms with van der Waals surface area (Å²) in [7, 11) is 0. The van der Waals surface area contributed by atoms with Gasteiger partial charge in [0.2, 0.25) is 0 Å². The third-order valence-electron chi connectivity index (χ3n) is 5.51. The van der Waals surface area contributed by atoms with Gasteiger partial charge in [0.1, 0.15) is 11.5 Å². The van der Waals surface area contributed by atoms with E-state index in [0.717, 1.165) is 53.5 Å². The highest BCUT2D eigenvalue weighted by atomic mass is 19.4. The van der Waals surface area contributed by atoms with Crippen molar-refractivity contribution in [3.8, 4) is 11.5 Å². The van der Waals surface area contributed by atoms with Crippen molar-refractivity contribution in [1.29, 1.82) is 0 Å². The summed E-state index contributed by atoms with van der Waals surface area (Å²) in [6, 6.07) is 10.4. The van der Waals surface area contributed by atoms with Crippen LogP contribution in [0.15, 0.2) is 48.8 Å². The van der Waals surface area contributed by atoms with Crippen molar-refractivity contribution < 1.29 is 13.2 Å². The lowest BCUT2D eigenvalue weighted by molar-refractivity contribution is -0.137. The number of benzene rings is 1. The van der Waals surface area contributed by atoms with Gasteiger partial charge in [0.25, 0.3) is 0 Å². The van der Waals surface area contributed by atoms with Gasteiger partial charge in [0.05, 0.1) is 22.8 Å². The smallest absolute Gasteiger partial charge is 0.354 e. The first-order chi connectivity index (χ1) is 15.0. The molecule has 7 nitrogen and oxygen atoms in total. The van der Waals surface area contributed by atoms with Gasteiger partial charge >= 0.3 is 6.18 Å². The van der Waals surface area contributed by atoms with Crippen LogP contribution in [0, 0.1) is 0 Å². The average molecular weight is 427 g/mol. The van der Waals surface area contributed by atoms with Crippen LogP contribution in [-0.2, 0) is 12.7 Å². The topological polar surface area (TPSA) is 76.7 Å². The Kier molecular flexibility index (Phi) is 4.85. The van der Waals surface area contributed by atoms with Gasteiger partial charge in [-0.25, -0.2) is 9.97 Å². The Balaban J connectivity index is 1.24. The van der Waals surface area contributed by atoms with Gasteiger partial charge in [0.15, 0.2) is 5.82 Å². The molecule has 5 rings (SSSR count). The Hall–Kier alpha value is -3.40. The molecular formula is C21H20F3N7. The largest absolute Gasteiger partial charge is 0.417 e. The number of anilines is 1. The lowest BCUT2D eigenvalue weighted by Crippen LogP contribution is -2.46. The van der Waals surface area contributed by atoms with E-state index in [-0.39, 0.29) is 0 Å². The molecule has 1 aliphatic rings. The van der Waals surface area contributed by atoms with Crippen LogP contribution >= 0.6 is 0 Å². The van der Waals surface area contributed by atoms with Crippen LogP contribution in [0.2, 0.25) is 0 Å². The van der Waals surface area contributed by atoms with Crippen molar-refractivity contribution in [3.63, 3.8) is 0 Å². The third kappa shape index (κ3) is 3.98. The summed E-state index contributed by atoms with van der Waals surface area (Å²) < 4.78 is 38.2. The molecule has 0 bridgehead atoms. The lowest BCUT2D eigenvalue weighted by Gasteiger charge is -2.35. The molecule has 0 atom stereocenters. The number of piperazine rings is 1. The van der Waals surface area contributed by atoms with Crippen LogP contribution in [0.25, 0.3) is 22.6 Å². The van der Waals surface area contributed by atoms with E-state index in [9.17, 15) is 13.2 Å². The first kappa shape index (κ1) is 19.6. The maximum Gasteiger partial charge on any atom is 0.417 e. The van der Waals surface area contributed by atoms with E-state index in [4.69, 9.17) is 0 Å². The van der Waals surface area contributed by atoms with Gasteiger partial charge < -0.3 is 9.88 Å². The number of H-pyrrole nitrogens is 2. The minimum atomic E-state index is -4.37. The highest BCUT2D eigenvalue weighted by Gasteiger charge is 2.31. The van der Waals surface area contributed by atoms with E-state index >= 15 is 0 Å². The number of pyridine rings is 1. The maximum absolute atomic E-state index is 12.7. The second kappa shape index (κ2) is 7.69. The zero-order valence-corrected chi connectivity index (χ0v) is 16.5. The molecule has 0 aliphatic carbocycles. The number of fused-ring (bicyclic) bond motifs is 1. The minimum Gasteiger partial charge on any atom is -0.354 e. The Morgan fingerprint density at radius 1 is 0.968 bits per heavy atom. The Labute approximate surface area is 175 Å². The van der Waals surface area contributed by atoms with Crippen LogP contribution in [-0.4, -0.2) is 56.2 Å². The Morgan fingerprint density at radius 2 is 1.77 bits per heavy atom. The number of nitrogens with one attached hydrogen (secondary N) is 2. The minimum absolute atomic E-state index is 0.568. The monoisotopic (exact) mass is 427 g/mol. The van der Waals surface area contributed by atoms with E-state index in [1.807, 2.05) is 35.4 Å². The molecular weight excluding hydrogens is 407 g/mol. The molecule has 0 amide bonds. The van der Waals surface area contributed by atoms with Crippen molar-refractivity contribution in [2.24, 2.45) is 0 Å². The lowest BCUT2D eigenvalue weighted by atomic mass is 10.2. The molecule has 2 N–H and O–H groups in total. The van der Waals surface area contributed by atoms with Gasteiger partial charge in [0, 0.05) is 44.5 Å². The van der Waals surface area contributed by atoms with Gasteiger partial charge in [-0.3, -0.25) is 10.00 Å². The number of aromatic amines is 2. The highest BCUT2D eigenvalue weighted by molar-refractivity contribution is 5.79. The van der Waals surface area contributed by atoms with E-state index in [2.05, 4.69) is 30.0 Å². The summed E-state index contributed by atoms with van der Waals surface area (Å²) in [4.78, 5) is 16.3. The fourth-order valence-corrected chi connectivity index (χ4v) is 3.82. The van der Waals surface area contributed by atoms with Crippen molar-refractivity contribution >= 4 is 16.9 Å². The predicted molar refractivity (Wildman–Crippen MR) is 110 cm³/mol. The first-order valence-electron chi connectivity index (χ1n) is 9.95. The molecule has 10 heteroatoms. The van der Waals surface area contributed by atoms with E-state index < -0.39 is 11.7 Å². The number of alkyl halides is 3. The second-order valence-corrected chi connectivity index (χ2v) is 7.54. The molecule has 4 aromatic rings. The number of para-hydroxylation sites is 2. The van der Waals surface area contributed by atoms with Crippen molar-refractivity contribution in [1.82, 2.24) is 30.0 Å². The van der Waals surface area contributed by atoms with E-state index in [1.54, 1.807) is 0 Å². The maximum atomic E-state index is 12.7. The highest BCUT2D eigenvalue weighted by Crippen LogP contribution is 2.29. The van der Waals surface area contributed by atoms with Crippen molar-refractivity contribution in [3.05, 3.63) is 59.9 Å². The van der Waals surface area contributed by atoms with Crippen molar-refractivity contribution in [2.45, 2.75) is 12.7 Å². The molecule has 1 saturated heterocycles. The van der Waals surface area contributed by atoms with Gasteiger partial charge in [-0.1, -0.05) is 12.1 Å². The summed E-state index contributed by atoms with van der Waals surface area (Å²) in [5.74, 6) is 1.32. The third-order valence-corrected chi connectivity index (χ3v) is 5.51. The molecule has 160 valence electrons. The molecule has 1 fully saturated rings. The molecule has 1 aliphatic heterocycles. The number of aromatic nitrogens is 5. The normalized spacial score (nSPS) is 15.6. The molecule has 1 aromatic carbocycles. The SMILES string of the molecule is FC(F)(F)c1ccc(N2CCN(Cc3cn[nH]c3-c3nc4ccccc4[nH]3)CC2)nc1. The molecule has 0 spiro atoms. The number of imidazole rings is 1. The Morgan fingerprint density at radius 3 is 2.48 bits per heavy atom. The van der Waals surface area contributed by atoms with Crippen molar-refractivity contribution in [2.75, 3.05) is 31.1 Å². The summed E-state index contributed by atoms with van der Waals surface area (Å²) in [5, 5.41) is 7.24. The quantitative estimate of drug-likeness (QED) is 0.520. The van der Waals surface area contributed by atoms with Crippen LogP contribution in [0.5, 0.6) is 0 Å². The van der Waals surface area contributed by atoms with Crippen LogP contribution in [0.1, 0.15) is 11.1 Å². The fraction of sp³-hybridized carbons (Fsp3) is 0.286. The summed E-state index contributed by atoms with van der Waals surface area (Å²) in [5.41, 5.74) is 3.04. The number of nitrogens with zero attached hydrogens (tertiary/aromatic N) is 5. The molecule has 0 unspecified atom stereocenters. The number of hydrogen-bond donors (Lipinski definition) is 2.